The SMILES string of the molecule is CCCC(CCC)C(O)(CC(=O)O)C(=O)O. The molecule has 5 heteroatoms. The van der Waals surface area contributed by atoms with Crippen LogP contribution < -0.4 is 0 Å². The Labute approximate surface area is 95.1 Å². The second kappa shape index (κ2) is 6.48. The fourth-order valence-corrected chi connectivity index (χ4v) is 1.94. The minimum absolute atomic E-state index is 0.504. The number of hydrogen-bond donors (Lipinski definition) is 3. The van der Waals surface area contributed by atoms with Crippen molar-refractivity contribution >= 4 is 11.9 Å². The molecule has 0 fully saturated rings. The fraction of sp³-hybridized carbons (Fsp3) is 0.818. The van der Waals surface area contributed by atoms with Crippen molar-refractivity contribution in [2.24, 2.45) is 5.92 Å². The van der Waals surface area contributed by atoms with Gasteiger partial charge in [-0.3, -0.25) is 4.79 Å². The number of rotatable bonds is 8. The molecular weight excluding hydrogens is 212 g/mol. The average Bonchev–Trinajstić information content (AvgIpc) is 2.16. The van der Waals surface area contributed by atoms with Crippen LogP contribution in [0.5, 0.6) is 0 Å². The Morgan fingerprint density at radius 2 is 1.56 bits per heavy atom. The Morgan fingerprint density at radius 1 is 1.12 bits per heavy atom. The van der Waals surface area contributed by atoms with E-state index in [1.165, 1.54) is 0 Å². The standard InChI is InChI=1S/C11H20O5/c1-3-5-8(6-4-2)11(16,10(14)15)7-9(12)13/h8,16H,3-7H2,1-2H3,(H,12,13)(H,14,15). The van der Waals surface area contributed by atoms with Crippen LogP contribution in [0.2, 0.25) is 0 Å². The molecule has 0 aliphatic rings. The van der Waals surface area contributed by atoms with Gasteiger partial charge in [-0.15, -0.1) is 0 Å². The molecule has 0 aromatic carbocycles. The average molecular weight is 232 g/mol. The molecule has 3 N–H and O–H groups in total. The summed E-state index contributed by atoms with van der Waals surface area (Å²) in [6, 6.07) is 0. The topological polar surface area (TPSA) is 94.8 Å². The number of carboxylic acids is 2. The van der Waals surface area contributed by atoms with E-state index in [0.717, 1.165) is 12.8 Å². The Morgan fingerprint density at radius 3 is 1.81 bits per heavy atom. The Balaban J connectivity index is 4.94. The van der Waals surface area contributed by atoms with Crippen molar-refractivity contribution in [1.82, 2.24) is 0 Å². The summed E-state index contributed by atoms with van der Waals surface area (Å²) in [5.74, 6) is -3.24. The highest BCUT2D eigenvalue weighted by Gasteiger charge is 2.44. The van der Waals surface area contributed by atoms with Gasteiger partial charge < -0.3 is 15.3 Å². The largest absolute Gasteiger partial charge is 0.481 e. The number of aliphatic hydroxyl groups is 1. The maximum Gasteiger partial charge on any atom is 0.336 e. The first-order valence-electron chi connectivity index (χ1n) is 5.56. The smallest absolute Gasteiger partial charge is 0.336 e. The van der Waals surface area contributed by atoms with Crippen LogP contribution in [0.25, 0.3) is 0 Å². The van der Waals surface area contributed by atoms with Gasteiger partial charge in [0.1, 0.15) is 0 Å². The van der Waals surface area contributed by atoms with Crippen LogP contribution in [0.4, 0.5) is 0 Å². The molecule has 1 unspecified atom stereocenters. The molecule has 0 aromatic heterocycles. The first-order chi connectivity index (χ1) is 7.38. The first-order valence-corrected chi connectivity index (χ1v) is 5.56. The van der Waals surface area contributed by atoms with Crippen molar-refractivity contribution in [3.05, 3.63) is 0 Å². The summed E-state index contributed by atoms with van der Waals surface area (Å²) < 4.78 is 0. The molecule has 0 amide bonds. The highest BCUT2D eigenvalue weighted by molar-refractivity contribution is 5.84. The molecule has 1 atom stereocenters. The fourth-order valence-electron chi connectivity index (χ4n) is 1.94. The van der Waals surface area contributed by atoms with Gasteiger partial charge >= 0.3 is 11.9 Å². The van der Waals surface area contributed by atoms with Crippen molar-refractivity contribution in [2.45, 2.75) is 51.6 Å². The molecule has 16 heavy (non-hydrogen) atoms. The Bertz CT molecular complexity index is 245. The predicted octanol–water partition coefficient (Wildman–Crippen LogP) is 1.49. The second-order valence-corrected chi connectivity index (χ2v) is 4.07. The van der Waals surface area contributed by atoms with E-state index < -0.39 is 29.9 Å². The van der Waals surface area contributed by atoms with Crippen LogP contribution in [0.15, 0.2) is 0 Å². The lowest BCUT2D eigenvalue weighted by molar-refractivity contribution is -0.172. The zero-order valence-corrected chi connectivity index (χ0v) is 9.77. The van der Waals surface area contributed by atoms with Gasteiger partial charge in [0.05, 0.1) is 6.42 Å². The van der Waals surface area contributed by atoms with E-state index >= 15 is 0 Å². The van der Waals surface area contributed by atoms with Crippen LogP contribution >= 0.6 is 0 Å². The highest BCUT2D eigenvalue weighted by atomic mass is 16.4. The van der Waals surface area contributed by atoms with Gasteiger partial charge in [0.15, 0.2) is 5.60 Å². The van der Waals surface area contributed by atoms with Crippen molar-refractivity contribution < 1.29 is 24.9 Å². The second-order valence-electron chi connectivity index (χ2n) is 4.07. The summed E-state index contributed by atoms with van der Waals surface area (Å²) in [7, 11) is 0. The van der Waals surface area contributed by atoms with Gasteiger partial charge in [-0.05, 0) is 18.8 Å². The quantitative estimate of drug-likeness (QED) is 0.589. The highest BCUT2D eigenvalue weighted by Crippen LogP contribution is 2.30. The molecule has 0 saturated heterocycles. The molecule has 0 spiro atoms. The molecule has 0 saturated carbocycles. The van der Waals surface area contributed by atoms with Crippen LogP contribution in [0, 0.1) is 5.92 Å². The number of aliphatic carboxylic acids is 2. The molecule has 94 valence electrons. The van der Waals surface area contributed by atoms with E-state index in [0.29, 0.717) is 12.8 Å². The number of hydrogen-bond acceptors (Lipinski definition) is 3. The molecular formula is C11H20O5. The van der Waals surface area contributed by atoms with E-state index in [1.807, 2.05) is 13.8 Å². The molecule has 0 aliphatic carbocycles. The lowest BCUT2D eigenvalue weighted by Crippen LogP contribution is -2.47. The summed E-state index contributed by atoms with van der Waals surface area (Å²) in [5.41, 5.74) is -2.14. The zero-order chi connectivity index (χ0) is 12.8. The molecule has 5 nitrogen and oxygen atoms in total. The predicted molar refractivity (Wildman–Crippen MR) is 58.1 cm³/mol. The maximum atomic E-state index is 11.0. The third-order valence-electron chi connectivity index (χ3n) is 2.74. The van der Waals surface area contributed by atoms with Crippen LogP contribution in [-0.4, -0.2) is 32.9 Å². The zero-order valence-electron chi connectivity index (χ0n) is 9.77. The number of carboxylic acid groups (broad SMARTS) is 2. The monoisotopic (exact) mass is 232 g/mol. The van der Waals surface area contributed by atoms with Gasteiger partial charge in [-0.1, -0.05) is 26.7 Å². The van der Waals surface area contributed by atoms with Crippen molar-refractivity contribution in [1.29, 1.82) is 0 Å². The van der Waals surface area contributed by atoms with E-state index in [1.54, 1.807) is 0 Å². The molecule has 0 aromatic rings. The Hall–Kier alpha value is -1.10. The third kappa shape index (κ3) is 3.81. The van der Waals surface area contributed by atoms with Gasteiger partial charge in [0, 0.05) is 0 Å². The third-order valence-corrected chi connectivity index (χ3v) is 2.74. The van der Waals surface area contributed by atoms with E-state index in [9.17, 15) is 14.7 Å². The van der Waals surface area contributed by atoms with Crippen molar-refractivity contribution in [3.63, 3.8) is 0 Å². The summed E-state index contributed by atoms with van der Waals surface area (Å²) in [6.07, 6.45) is 1.74. The van der Waals surface area contributed by atoms with E-state index in [2.05, 4.69) is 0 Å². The molecule has 0 heterocycles. The Kier molecular flexibility index (Phi) is 6.03. The lowest BCUT2D eigenvalue weighted by Gasteiger charge is -2.31. The summed E-state index contributed by atoms with van der Waals surface area (Å²) in [5, 5.41) is 27.7. The van der Waals surface area contributed by atoms with Gasteiger partial charge in [-0.25, -0.2) is 4.79 Å². The van der Waals surface area contributed by atoms with Crippen LogP contribution in [0.3, 0.4) is 0 Å². The molecule has 0 radical (unpaired) electrons. The summed E-state index contributed by atoms with van der Waals surface area (Å²) in [6.45, 7) is 3.76. The number of carbonyl (C=O) groups is 2. The van der Waals surface area contributed by atoms with Gasteiger partial charge in [0.25, 0.3) is 0 Å². The lowest BCUT2D eigenvalue weighted by atomic mass is 9.79. The van der Waals surface area contributed by atoms with Crippen molar-refractivity contribution in [2.75, 3.05) is 0 Å². The molecule has 0 aliphatic heterocycles. The van der Waals surface area contributed by atoms with E-state index in [4.69, 9.17) is 10.2 Å². The van der Waals surface area contributed by atoms with Crippen LogP contribution in [-0.2, 0) is 9.59 Å². The maximum absolute atomic E-state index is 11.0. The van der Waals surface area contributed by atoms with Crippen molar-refractivity contribution in [3.8, 4) is 0 Å². The first kappa shape index (κ1) is 14.9. The van der Waals surface area contributed by atoms with Crippen LogP contribution in [0.1, 0.15) is 46.0 Å². The summed E-state index contributed by atoms with van der Waals surface area (Å²) >= 11 is 0. The normalized spacial score (nSPS) is 14.8. The minimum Gasteiger partial charge on any atom is -0.481 e. The molecule has 0 rings (SSSR count). The summed E-state index contributed by atoms with van der Waals surface area (Å²) in [4.78, 5) is 21.6. The van der Waals surface area contributed by atoms with E-state index in [-0.39, 0.29) is 0 Å². The molecule has 0 bridgehead atoms. The van der Waals surface area contributed by atoms with Gasteiger partial charge in [0.2, 0.25) is 0 Å². The minimum atomic E-state index is -2.14. The van der Waals surface area contributed by atoms with Gasteiger partial charge in [-0.2, -0.15) is 0 Å².